The number of aliphatic hydroxyl groups excluding tert-OH is 1. The van der Waals surface area contributed by atoms with Gasteiger partial charge in [-0.3, -0.25) is 0 Å². The molecule has 2 heteroatoms. The second-order valence-corrected chi connectivity index (χ2v) is 4.61. The summed E-state index contributed by atoms with van der Waals surface area (Å²) >= 11 is 0. The molecule has 1 unspecified atom stereocenters. The molecule has 0 saturated heterocycles. The van der Waals surface area contributed by atoms with Crippen molar-refractivity contribution in [3.05, 3.63) is 0 Å². The average Bonchev–Trinajstić information content (AvgIpc) is 1.99. The van der Waals surface area contributed by atoms with Crippen LogP contribution >= 0.6 is 0 Å². The van der Waals surface area contributed by atoms with Gasteiger partial charge >= 0.3 is 0 Å². The lowest BCUT2D eigenvalue weighted by Gasteiger charge is -2.37. The minimum absolute atomic E-state index is 0.00106. The van der Waals surface area contributed by atoms with E-state index in [0.29, 0.717) is 17.8 Å². The van der Waals surface area contributed by atoms with Crippen LogP contribution in [0.1, 0.15) is 33.6 Å². The van der Waals surface area contributed by atoms with Gasteiger partial charge in [-0.15, -0.1) is 0 Å². The van der Waals surface area contributed by atoms with E-state index in [1.54, 1.807) is 0 Å². The highest BCUT2D eigenvalue weighted by molar-refractivity contribution is 4.87. The topological polar surface area (TPSA) is 46.2 Å². The van der Waals surface area contributed by atoms with Gasteiger partial charge in [0, 0.05) is 6.04 Å². The fourth-order valence-electron chi connectivity index (χ4n) is 2.17. The van der Waals surface area contributed by atoms with E-state index in [4.69, 9.17) is 5.73 Å². The fourth-order valence-corrected chi connectivity index (χ4v) is 2.17. The molecule has 1 saturated carbocycles. The zero-order chi connectivity index (χ0) is 9.30. The summed E-state index contributed by atoms with van der Waals surface area (Å²) < 4.78 is 0. The van der Waals surface area contributed by atoms with Gasteiger partial charge in [-0.05, 0) is 30.6 Å². The van der Waals surface area contributed by atoms with E-state index in [0.717, 1.165) is 12.8 Å². The molecule has 0 spiro atoms. The third-order valence-corrected chi connectivity index (χ3v) is 3.21. The molecular weight excluding hydrogens is 150 g/mol. The highest BCUT2D eigenvalue weighted by Crippen LogP contribution is 2.32. The molecule has 0 amide bonds. The second-order valence-electron chi connectivity index (χ2n) is 4.61. The smallest absolute Gasteiger partial charge is 0.0716 e. The molecule has 1 rings (SSSR count). The van der Waals surface area contributed by atoms with Crippen LogP contribution in [0.5, 0.6) is 0 Å². The Morgan fingerprint density at radius 1 is 1.33 bits per heavy atom. The van der Waals surface area contributed by atoms with Crippen LogP contribution in [-0.4, -0.2) is 17.3 Å². The minimum Gasteiger partial charge on any atom is -0.391 e. The van der Waals surface area contributed by atoms with E-state index in [9.17, 15) is 5.11 Å². The van der Waals surface area contributed by atoms with Crippen LogP contribution in [0.2, 0.25) is 0 Å². The summed E-state index contributed by atoms with van der Waals surface area (Å²) in [6.45, 7) is 6.57. The molecule has 0 aromatic heterocycles. The Balaban J connectivity index is 2.53. The molecule has 1 aliphatic rings. The van der Waals surface area contributed by atoms with Crippen LogP contribution < -0.4 is 5.73 Å². The average molecular weight is 171 g/mol. The standard InChI is InChI=1S/C10H21NO/c1-6(2)8-4-7(3)10(12)9(11)5-8/h6-10,12H,4-5,11H2,1-3H3/t7?,8-,9+,10+/m1/s1. The molecule has 0 aromatic carbocycles. The lowest BCUT2D eigenvalue weighted by atomic mass is 9.73. The van der Waals surface area contributed by atoms with Gasteiger partial charge in [0.25, 0.3) is 0 Å². The van der Waals surface area contributed by atoms with Crippen LogP contribution in [0.3, 0.4) is 0 Å². The van der Waals surface area contributed by atoms with Crippen molar-refractivity contribution >= 4 is 0 Å². The van der Waals surface area contributed by atoms with Crippen molar-refractivity contribution in [2.24, 2.45) is 23.5 Å². The summed E-state index contributed by atoms with van der Waals surface area (Å²) in [5.74, 6) is 1.78. The van der Waals surface area contributed by atoms with Gasteiger partial charge in [-0.1, -0.05) is 20.8 Å². The molecule has 0 heterocycles. The molecule has 0 bridgehead atoms. The van der Waals surface area contributed by atoms with Gasteiger partial charge < -0.3 is 10.8 Å². The SMILES string of the molecule is CC(C)[C@@H]1CC(C)[C@H](O)[C@@H](N)C1. The predicted octanol–water partition coefficient (Wildman–Crippen LogP) is 1.38. The molecule has 0 aliphatic heterocycles. The Labute approximate surface area is 75.2 Å². The van der Waals surface area contributed by atoms with Crippen LogP contribution in [0.15, 0.2) is 0 Å². The number of aliphatic hydroxyl groups is 1. The first-order valence-electron chi connectivity index (χ1n) is 4.96. The van der Waals surface area contributed by atoms with E-state index >= 15 is 0 Å². The molecule has 3 N–H and O–H groups in total. The van der Waals surface area contributed by atoms with Crippen molar-refractivity contribution in [1.29, 1.82) is 0 Å². The van der Waals surface area contributed by atoms with Gasteiger partial charge in [0.2, 0.25) is 0 Å². The second kappa shape index (κ2) is 3.75. The van der Waals surface area contributed by atoms with Crippen LogP contribution in [0.25, 0.3) is 0 Å². The molecule has 12 heavy (non-hydrogen) atoms. The third kappa shape index (κ3) is 1.99. The predicted molar refractivity (Wildman–Crippen MR) is 50.7 cm³/mol. The molecule has 1 aliphatic carbocycles. The van der Waals surface area contributed by atoms with Crippen molar-refractivity contribution < 1.29 is 5.11 Å². The maximum atomic E-state index is 9.62. The summed E-state index contributed by atoms with van der Waals surface area (Å²) in [6.07, 6.45) is 1.84. The summed E-state index contributed by atoms with van der Waals surface area (Å²) in [5, 5.41) is 9.62. The first-order chi connectivity index (χ1) is 5.52. The van der Waals surface area contributed by atoms with Crippen molar-refractivity contribution in [3.8, 4) is 0 Å². The van der Waals surface area contributed by atoms with E-state index in [1.165, 1.54) is 0 Å². The molecule has 1 fully saturated rings. The third-order valence-electron chi connectivity index (χ3n) is 3.21. The largest absolute Gasteiger partial charge is 0.391 e. The molecule has 4 atom stereocenters. The number of nitrogens with two attached hydrogens (primary N) is 1. The van der Waals surface area contributed by atoms with Crippen molar-refractivity contribution in [3.63, 3.8) is 0 Å². The molecule has 72 valence electrons. The van der Waals surface area contributed by atoms with Crippen LogP contribution in [0.4, 0.5) is 0 Å². The Bertz CT molecular complexity index is 135. The summed E-state index contributed by atoms with van der Waals surface area (Å²) in [4.78, 5) is 0. The lowest BCUT2D eigenvalue weighted by Crippen LogP contribution is -2.46. The van der Waals surface area contributed by atoms with Crippen LogP contribution in [0, 0.1) is 17.8 Å². The van der Waals surface area contributed by atoms with Gasteiger partial charge in [-0.2, -0.15) is 0 Å². The number of hydrogen-bond acceptors (Lipinski definition) is 2. The van der Waals surface area contributed by atoms with E-state index in [1.807, 2.05) is 0 Å². The van der Waals surface area contributed by atoms with Gasteiger partial charge in [-0.25, -0.2) is 0 Å². The monoisotopic (exact) mass is 171 g/mol. The lowest BCUT2D eigenvalue weighted by molar-refractivity contribution is 0.0281. The Hall–Kier alpha value is -0.0800. The molecule has 0 radical (unpaired) electrons. The first-order valence-corrected chi connectivity index (χ1v) is 4.96. The van der Waals surface area contributed by atoms with Gasteiger partial charge in [0.1, 0.15) is 0 Å². The molecule has 2 nitrogen and oxygen atoms in total. The molecule has 0 aromatic rings. The minimum atomic E-state index is -0.278. The summed E-state index contributed by atoms with van der Waals surface area (Å²) in [6, 6.07) is 0.00106. The maximum Gasteiger partial charge on any atom is 0.0716 e. The normalized spacial score (nSPS) is 43.5. The zero-order valence-electron chi connectivity index (χ0n) is 8.33. The first kappa shape index (κ1) is 10.0. The highest BCUT2D eigenvalue weighted by atomic mass is 16.3. The quantitative estimate of drug-likeness (QED) is 0.626. The van der Waals surface area contributed by atoms with Gasteiger partial charge in [0.05, 0.1) is 6.10 Å². The Morgan fingerprint density at radius 3 is 2.33 bits per heavy atom. The summed E-state index contributed by atoms with van der Waals surface area (Å²) in [7, 11) is 0. The maximum absolute atomic E-state index is 9.62. The zero-order valence-corrected chi connectivity index (χ0v) is 8.33. The Morgan fingerprint density at radius 2 is 1.92 bits per heavy atom. The van der Waals surface area contributed by atoms with Crippen molar-refractivity contribution in [2.75, 3.05) is 0 Å². The highest BCUT2D eigenvalue weighted by Gasteiger charge is 2.33. The van der Waals surface area contributed by atoms with E-state index in [-0.39, 0.29) is 12.1 Å². The van der Waals surface area contributed by atoms with E-state index in [2.05, 4.69) is 20.8 Å². The number of hydrogen-bond donors (Lipinski definition) is 2. The van der Waals surface area contributed by atoms with E-state index < -0.39 is 0 Å². The summed E-state index contributed by atoms with van der Waals surface area (Å²) in [5.41, 5.74) is 5.85. The Kier molecular flexibility index (Phi) is 3.13. The van der Waals surface area contributed by atoms with Crippen molar-refractivity contribution in [1.82, 2.24) is 0 Å². The van der Waals surface area contributed by atoms with Crippen LogP contribution in [-0.2, 0) is 0 Å². The molecular formula is C10H21NO. The number of rotatable bonds is 1. The van der Waals surface area contributed by atoms with Gasteiger partial charge in [0.15, 0.2) is 0 Å². The fraction of sp³-hybridized carbons (Fsp3) is 1.00. The van der Waals surface area contributed by atoms with Crippen molar-refractivity contribution in [2.45, 2.75) is 45.8 Å².